The van der Waals surface area contributed by atoms with Crippen molar-refractivity contribution in [3.05, 3.63) is 56.8 Å². The zero-order valence-corrected chi connectivity index (χ0v) is 20.8. The number of benzene rings is 1. The molecule has 1 aromatic carbocycles. The van der Waals surface area contributed by atoms with E-state index in [1.807, 2.05) is 6.07 Å². The average Bonchev–Trinajstić information content (AvgIpc) is 3.70. The van der Waals surface area contributed by atoms with Gasteiger partial charge in [-0.05, 0) is 36.6 Å². The van der Waals surface area contributed by atoms with Crippen molar-refractivity contribution < 1.29 is 24.2 Å². The van der Waals surface area contributed by atoms with Crippen LogP contribution in [0.2, 0.25) is 0 Å². The molecule has 3 N–H and O–H groups in total. The van der Waals surface area contributed by atoms with Crippen molar-refractivity contribution in [2.75, 3.05) is 44.8 Å². The van der Waals surface area contributed by atoms with Crippen LogP contribution < -0.4 is 10.7 Å². The van der Waals surface area contributed by atoms with Gasteiger partial charge in [-0.2, -0.15) is 10.2 Å². The summed E-state index contributed by atoms with van der Waals surface area (Å²) in [6.07, 6.45) is 1.66. The van der Waals surface area contributed by atoms with E-state index in [9.17, 15) is 19.5 Å². The van der Waals surface area contributed by atoms with Gasteiger partial charge in [0.1, 0.15) is 11.7 Å². The molecule has 0 spiro atoms. The van der Waals surface area contributed by atoms with Crippen molar-refractivity contribution in [3.8, 4) is 0 Å². The number of carbonyl (C=O) groups excluding carboxylic acids is 3. The molecular weight excluding hydrogens is 496 g/mol. The van der Waals surface area contributed by atoms with Crippen LogP contribution in [-0.4, -0.2) is 78.2 Å². The highest BCUT2D eigenvalue weighted by Gasteiger charge is 2.43. The van der Waals surface area contributed by atoms with Gasteiger partial charge in [0, 0.05) is 19.6 Å². The van der Waals surface area contributed by atoms with E-state index in [1.54, 1.807) is 34.2 Å². The van der Waals surface area contributed by atoms with Gasteiger partial charge in [-0.15, -0.1) is 11.3 Å². The first-order valence-electron chi connectivity index (χ1n) is 12.3. The van der Waals surface area contributed by atoms with Crippen molar-refractivity contribution >= 4 is 40.4 Å². The summed E-state index contributed by atoms with van der Waals surface area (Å²) < 4.78 is 5.30. The van der Waals surface area contributed by atoms with E-state index in [0.717, 1.165) is 12.8 Å². The summed E-state index contributed by atoms with van der Waals surface area (Å²) in [5.41, 5.74) is 5.21. The Morgan fingerprint density at radius 2 is 2.00 bits per heavy atom. The van der Waals surface area contributed by atoms with E-state index in [1.165, 1.54) is 11.3 Å². The quantitative estimate of drug-likeness (QED) is 0.553. The predicted molar refractivity (Wildman–Crippen MR) is 135 cm³/mol. The van der Waals surface area contributed by atoms with Gasteiger partial charge < -0.3 is 20.1 Å². The first-order valence-corrected chi connectivity index (χ1v) is 13.1. The van der Waals surface area contributed by atoms with Gasteiger partial charge in [-0.1, -0.05) is 12.1 Å². The van der Waals surface area contributed by atoms with Crippen LogP contribution in [0, 0.1) is 0 Å². The number of azo groups is 1. The summed E-state index contributed by atoms with van der Waals surface area (Å²) in [6.45, 7) is 2.82. The lowest BCUT2D eigenvalue weighted by molar-refractivity contribution is 0.0207. The van der Waals surface area contributed by atoms with Crippen LogP contribution in [0.1, 0.15) is 49.4 Å². The maximum atomic E-state index is 13.6. The molecule has 11 nitrogen and oxygen atoms in total. The lowest BCUT2D eigenvalue weighted by Crippen LogP contribution is -2.49. The van der Waals surface area contributed by atoms with Crippen molar-refractivity contribution in [1.82, 2.24) is 15.3 Å². The Kier molecular flexibility index (Phi) is 6.32. The van der Waals surface area contributed by atoms with Crippen LogP contribution in [0.15, 0.2) is 46.1 Å². The molecule has 2 atom stereocenters. The minimum absolute atomic E-state index is 0.0528. The third kappa shape index (κ3) is 4.25. The van der Waals surface area contributed by atoms with Crippen molar-refractivity contribution in [2.45, 2.75) is 24.9 Å². The monoisotopic (exact) mass is 522 g/mol. The highest BCUT2D eigenvalue weighted by atomic mass is 32.1. The molecule has 0 bridgehead atoms. The number of anilines is 1. The van der Waals surface area contributed by atoms with Gasteiger partial charge in [0.2, 0.25) is 0 Å². The van der Waals surface area contributed by atoms with Gasteiger partial charge in [-0.25, -0.2) is 9.80 Å². The van der Waals surface area contributed by atoms with Crippen molar-refractivity contribution in [1.29, 1.82) is 0 Å². The number of hydrazine groups is 1. The fourth-order valence-electron chi connectivity index (χ4n) is 5.26. The van der Waals surface area contributed by atoms with Crippen LogP contribution in [0.4, 0.5) is 10.5 Å². The Morgan fingerprint density at radius 1 is 1.16 bits per heavy atom. The SMILES string of the molecule is O=C(Nc1cccc2c1C(=O)C1=C(c3ccc(C(=O)N4CCC[C@H]4CO)s3)N=NC12)NN1CCOCC1. The molecule has 2 aromatic rings. The van der Waals surface area contributed by atoms with E-state index in [-0.39, 0.29) is 24.3 Å². The van der Waals surface area contributed by atoms with Crippen LogP contribution in [-0.2, 0) is 4.74 Å². The number of ether oxygens (including phenoxy) is 1. The van der Waals surface area contributed by atoms with E-state index in [0.29, 0.717) is 70.7 Å². The number of hydrogen-bond acceptors (Lipinski definition) is 9. The number of Topliss-reactive ketones (excluding diaryl/α,β-unsaturated/α-hetero) is 1. The number of aliphatic hydroxyl groups is 1. The van der Waals surface area contributed by atoms with E-state index < -0.39 is 12.1 Å². The van der Waals surface area contributed by atoms with Crippen molar-refractivity contribution in [2.24, 2.45) is 10.2 Å². The molecule has 2 fully saturated rings. The number of thiophene rings is 1. The summed E-state index contributed by atoms with van der Waals surface area (Å²) >= 11 is 1.27. The largest absolute Gasteiger partial charge is 0.394 e. The zero-order valence-electron chi connectivity index (χ0n) is 20.0. The normalized spacial score (nSPS) is 22.9. The number of ketones is 1. The highest BCUT2D eigenvalue weighted by molar-refractivity contribution is 7.15. The van der Waals surface area contributed by atoms with Gasteiger partial charge in [-0.3, -0.25) is 15.0 Å². The number of nitrogens with one attached hydrogen (secondary N) is 2. The fraction of sp³-hybridized carbons (Fsp3) is 0.400. The molecule has 6 rings (SSSR count). The molecule has 3 aliphatic heterocycles. The lowest BCUT2D eigenvalue weighted by atomic mass is 10.1. The number of amides is 3. The molecular formula is C25H26N6O5S. The zero-order chi connectivity index (χ0) is 25.5. The second-order valence-corrected chi connectivity index (χ2v) is 10.4. The van der Waals surface area contributed by atoms with Gasteiger partial charge in [0.15, 0.2) is 5.78 Å². The molecule has 1 aromatic heterocycles. The van der Waals surface area contributed by atoms with E-state index >= 15 is 0 Å². The molecule has 0 saturated carbocycles. The number of urea groups is 1. The number of aliphatic hydroxyl groups excluding tert-OH is 1. The topological polar surface area (TPSA) is 136 Å². The molecule has 37 heavy (non-hydrogen) atoms. The number of hydrogen-bond donors (Lipinski definition) is 3. The van der Waals surface area contributed by atoms with Crippen LogP contribution in [0.3, 0.4) is 0 Å². The molecule has 1 aliphatic carbocycles. The lowest BCUT2D eigenvalue weighted by Gasteiger charge is -2.27. The fourth-order valence-corrected chi connectivity index (χ4v) is 6.22. The third-order valence-electron chi connectivity index (χ3n) is 7.08. The Labute approximate surface area is 216 Å². The van der Waals surface area contributed by atoms with E-state index in [2.05, 4.69) is 21.0 Å². The van der Waals surface area contributed by atoms with Gasteiger partial charge in [0.25, 0.3) is 5.91 Å². The summed E-state index contributed by atoms with van der Waals surface area (Å²) in [4.78, 5) is 42.2. The number of carbonyl (C=O) groups is 3. The van der Waals surface area contributed by atoms with Crippen molar-refractivity contribution in [3.63, 3.8) is 0 Å². The predicted octanol–water partition coefficient (Wildman–Crippen LogP) is 2.83. The smallest absolute Gasteiger partial charge is 0.333 e. The molecule has 4 heterocycles. The molecule has 2 saturated heterocycles. The maximum absolute atomic E-state index is 13.6. The number of nitrogens with zero attached hydrogens (tertiary/aromatic N) is 4. The standard InChI is InChI=1S/C25H26N6O5S/c32-13-14-3-2-8-31(14)24(34)18-7-6-17(37-18)22-20-21(27-28-22)15-4-1-5-16(19(15)23(20)33)26-25(35)29-30-9-11-36-12-10-30/h1,4-7,14,21,32H,2-3,8-13H2,(H2,26,29,35)/t14-,21?/m0/s1. The van der Waals surface area contributed by atoms with Gasteiger partial charge in [0.05, 0.1) is 52.4 Å². The summed E-state index contributed by atoms with van der Waals surface area (Å²) in [5.74, 6) is -0.355. The van der Waals surface area contributed by atoms with Crippen LogP contribution >= 0.6 is 11.3 Å². The molecule has 1 unspecified atom stereocenters. The summed E-state index contributed by atoms with van der Waals surface area (Å²) in [6, 6.07) is 7.70. The Morgan fingerprint density at radius 3 is 2.81 bits per heavy atom. The minimum Gasteiger partial charge on any atom is -0.394 e. The average molecular weight is 523 g/mol. The second kappa shape index (κ2) is 9.78. The van der Waals surface area contributed by atoms with Crippen LogP contribution in [0.5, 0.6) is 0 Å². The van der Waals surface area contributed by atoms with E-state index in [4.69, 9.17) is 4.74 Å². The first-order chi connectivity index (χ1) is 18.0. The molecule has 4 aliphatic rings. The minimum atomic E-state index is -0.542. The second-order valence-electron chi connectivity index (χ2n) is 9.29. The number of likely N-dealkylation sites (tertiary alicyclic amines) is 1. The Hall–Kier alpha value is -3.45. The molecule has 12 heteroatoms. The number of fused-ring (bicyclic) bond motifs is 3. The molecule has 192 valence electrons. The maximum Gasteiger partial charge on any atom is 0.333 e. The summed E-state index contributed by atoms with van der Waals surface area (Å²) in [5, 5.41) is 22.9. The molecule has 3 amide bonds. The Balaban J connectivity index is 1.24. The van der Waals surface area contributed by atoms with Gasteiger partial charge >= 0.3 is 6.03 Å². The first kappa shape index (κ1) is 23.9. The molecule has 0 radical (unpaired) electrons. The Bertz CT molecular complexity index is 1330. The number of rotatable bonds is 5. The summed E-state index contributed by atoms with van der Waals surface area (Å²) in [7, 11) is 0. The highest BCUT2D eigenvalue weighted by Crippen LogP contribution is 2.49. The number of morpholine rings is 1. The third-order valence-corrected chi connectivity index (χ3v) is 8.16. The van der Waals surface area contributed by atoms with Crippen LogP contribution in [0.25, 0.3) is 5.70 Å².